The van der Waals surface area contributed by atoms with E-state index in [1.165, 1.54) is 0 Å². The maximum Gasteiger partial charge on any atom is 0.253 e. The van der Waals surface area contributed by atoms with Crippen LogP contribution in [0, 0.1) is 13.8 Å². The van der Waals surface area contributed by atoms with Gasteiger partial charge in [-0.2, -0.15) is 5.10 Å². The van der Waals surface area contributed by atoms with Crippen LogP contribution in [-0.2, 0) is 18.3 Å². The Labute approximate surface area is 187 Å². The standard InChI is InChI=1S/C24H31N5O3/c1-16-20(24(31)25-23-22(16)17(2)26-27(23)3)10-11-21(30)29-13-5-12-28(14-15-29)18-6-8-19(32-4)9-7-18/h6-9H,5,10-15H2,1-4H3,(H,25,31). The second-order valence-electron chi connectivity index (χ2n) is 8.41. The number of aromatic nitrogens is 3. The van der Waals surface area contributed by atoms with Gasteiger partial charge in [0, 0.05) is 56.3 Å². The van der Waals surface area contributed by atoms with E-state index in [-0.39, 0.29) is 11.5 Å². The molecule has 1 aromatic carbocycles. The van der Waals surface area contributed by atoms with Crippen LogP contribution < -0.4 is 15.2 Å². The minimum Gasteiger partial charge on any atom is -0.497 e. The lowest BCUT2D eigenvalue weighted by Crippen LogP contribution is -2.35. The van der Waals surface area contributed by atoms with Gasteiger partial charge in [-0.1, -0.05) is 0 Å². The maximum absolute atomic E-state index is 13.0. The number of benzene rings is 1. The molecule has 170 valence electrons. The number of carbonyl (C=O) groups is 1. The third kappa shape index (κ3) is 4.22. The molecule has 8 nitrogen and oxygen atoms in total. The first-order valence-electron chi connectivity index (χ1n) is 11.1. The number of nitrogens with zero attached hydrogens (tertiary/aromatic N) is 4. The van der Waals surface area contributed by atoms with Gasteiger partial charge < -0.3 is 19.5 Å². The number of hydrogen-bond donors (Lipinski definition) is 1. The topological polar surface area (TPSA) is 83.5 Å². The second kappa shape index (κ2) is 9.06. The summed E-state index contributed by atoms with van der Waals surface area (Å²) in [5.41, 5.74) is 4.22. The minimum atomic E-state index is -0.132. The molecule has 4 rings (SSSR count). The van der Waals surface area contributed by atoms with E-state index in [0.717, 1.165) is 59.8 Å². The average Bonchev–Trinajstić information content (AvgIpc) is 2.95. The zero-order valence-electron chi connectivity index (χ0n) is 19.3. The molecule has 0 spiro atoms. The summed E-state index contributed by atoms with van der Waals surface area (Å²) < 4.78 is 6.93. The van der Waals surface area contributed by atoms with Gasteiger partial charge in [0.1, 0.15) is 11.4 Å². The van der Waals surface area contributed by atoms with E-state index in [1.54, 1.807) is 11.8 Å². The van der Waals surface area contributed by atoms with Crippen molar-refractivity contribution in [3.05, 3.63) is 51.4 Å². The molecule has 0 atom stereocenters. The highest BCUT2D eigenvalue weighted by atomic mass is 16.5. The van der Waals surface area contributed by atoms with Crippen molar-refractivity contribution in [2.75, 3.05) is 38.2 Å². The summed E-state index contributed by atoms with van der Waals surface area (Å²) in [7, 11) is 3.48. The Hall–Kier alpha value is -3.29. The van der Waals surface area contributed by atoms with E-state index in [0.29, 0.717) is 24.9 Å². The largest absolute Gasteiger partial charge is 0.497 e. The summed E-state index contributed by atoms with van der Waals surface area (Å²) >= 11 is 0. The van der Waals surface area contributed by atoms with Gasteiger partial charge in [-0.25, -0.2) is 0 Å². The first-order chi connectivity index (χ1) is 15.4. The molecule has 1 aliphatic rings. The van der Waals surface area contributed by atoms with Crippen molar-refractivity contribution in [1.29, 1.82) is 0 Å². The smallest absolute Gasteiger partial charge is 0.253 e. The number of nitrogens with one attached hydrogen (secondary N) is 1. The zero-order valence-corrected chi connectivity index (χ0v) is 19.3. The first kappa shape index (κ1) is 21.9. The van der Waals surface area contributed by atoms with Gasteiger partial charge in [0.25, 0.3) is 5.56 Å². The molecule has 1 N–H and O–H groups in total. The van der Waals surface area contributed by atoms with Gasteiger partial charge in [-0.3, -0.25) is 14.3 Å². The molecule has 1 amide bonds. The lowest BCUT2D eigenvalue weighted by atomic mass is 10.0. The summed E-state index contributed by atoms with van der Waals surface area (Å²) in [6, 6.07) is 8.04. The van der Waals surface area contributed by atoms with E-state index in [1.807, 2.05) is 37.9 Å². The molecule has 0 aliphatic carbocycles. The number of anilines is 1. The molecule has 3 aromatic rings. The van der Waals surface area contributed by atoms with Crippen molar-refractivity contribution in [2.24, 2.45) is 7.05 Å². The number of pyridine rings is 1. The molecule has 0 radical (unpaired) electrons. The predicted molar refractivity (Wildman–Crippen MR) is 126 cm³/mol. The van der Waals surface area contributed by atoms with Crippen LogP contribution in [0.3, 0.4) is 0 Å². The normalized spacial score (nSPS) is 14.6. The van der Waals surface area contributed by atoms with E-state index < -0.39 is 0 Å². The molecule has 0 unspecified atom stereocenters. The van der Waals surface area contributed by atoms with E-state index in [4.69, 9.17) is 4.74 Å². The van der Waals surface area contributed by atoms with Crippen LogP contribution in [0.15, 0.2) is 29.1 Å². The third-order valence-electron chi connectivity index (χ3n) is 6.43. The van der Waals surface area contributed by atoms with E-state index in [9.17, 15) is 9.59 Å². The average molecular weight is 438 g/mol. The highest BCUT2D eigenvalue weighted by Gasteiger charge is 2.21. The summed E-state index contributed by atoms with van der Waals surface area (Å²) in [5.74, 6) is 0.939. The third-order valence-corrected chi connectivity index (χ3v) is 6.43. The summed E-state index contributed by atoms with van der Waals surface area (Å²) in [6.07, 6.45) is 1.68. The molecule has 1 saturated heterocycles. The van der Waals surface area contributed by atoms with Gasteiger partial charge in [0.2, 0.25) is 5.91 Å². The van der Waals surface area contributed by atoms with Crippen molar-refractivity contribution < 1.29 is 9.53 Å². The monoisotopic (exact) mass is 437 g/mol. The number of ether oxygens (including phenoxy) is 1. The fraction of sp³-hybridized carbons (Fsp3) is 0.458. The Balaban J connectivity index is 1.41. The Morgan fingerprint density at radius 3 is 2.59 bits per heavy atom. The molecule has 1 fully saturated rings. The molecule has 8 heteroatoms. The fourth-order valence-electron chi connectivity index (χ4n) is 4.66. The molecule has 3 heterocycles. The summed E-state index contributed by atoms with van der Waals surface area (Å²) in [5, 5.41) is 5.39. The van der Waals surface area contributed by atoms with Crippen LogP contribution in [-0.4, -0.2) is 58.9 Å². The number of hydrogen-bond acceptors (Lipinski definition) is 5. The number of H-pyrrole nitrogens is 1. The summed E-state index contributed by atoms with van der Waals surface area (Å²) in [4.78, 5) is 32.8. The molecule has 0 bridgehead atoms. The highest BCUT2D eigenvalue weighted by molar-refractivity contribution is 5.83. The van der Waals surface area contributed by atoms with Crippen molar-refractivity contribution in [2.45, 2.75) is 33.1 Å². The lowest BCUT2D eigenvalue weighted by molar-refractivity contribution is -0.130. The van der Waals surface area contributed by atoms with Crippen molar-refractivity contribution in [3.63, 3.8) is 0 Å². The first-order valence-corrected chi connectivity index (χ1v) is 11.1. The maximum atomic E-state index is 13.0. The number of aromatic amines is 1. The number of rotatable bonds is 5. The molecular weight excluding hydrogens is 406 g/mol. The highest BCUT2D eigenvalue weighted by Crippen LogP contribution is 2.23. The van der Waals surface area contributed by atoms with Gasteiger partial charge in [0.15, 0.2) is 0 Å². The molecule has 0 saturated carbocycles. The number of aryl methyl sites for hydroxylation is 3. The van der Waals surface area contributed by atoms with E-state index >= 15 is 0 Å². The molecule has 2 aromatic heterocycles. The van der Waals surface area contributed by atoms with Crippen molar-refractivity contribution >= 4 is 22.6 Å². The summed E-state index contributed by atoms with van der Waals surface area (Å²) in [6.45, 7) is 7.01. The minimum absolute atomic E-state index is 0.100. The Morgan fingerprint density at radius 2 is 1.88 bits per heavy atom. The zero-order chi connectivity index (χ0) is 22.8. The molecule has 32 heavy (non-hydrogen) atoms. The van der Waals surface area contributed by atoms with Crippen LogP contribution in [0.25, 0.3) is 11.0 Å². The quantitative estimate of drug-likeness (QED) is 0.663. The van der Waals surface area contributed by atoms with Gasteiger partial charge in [0.05, 0.1) is 12.8 Å². The van der Waals surface area contributed by atoms with Crippen LogP contribution in [0.1, 0.15) is 29.7 Å². The fourth-order valence-corrected chi connectivity index (χ4v) is 4.66. The Bertz CT molecular complexity index is 1180. The number of methoxy groups -OCH3 is 1. The van der Waals surface area contributed by atoms with Crippen LogP contribution in [0.4, 0.5) is 5.69 Å². The van der Waals surface area contributed by atoms with Crippen LogP contribution in [0.2, 0.25) is 0 Å². The van der Waals surface area contributed by atoms with Crippen molar-refractivity contribution in [3.8, 4) is 5.75 Å². The number of amides is 1. The van der Waals surface area contributed by atoms with Gasteiger partial charge >= 0.3 is 0 Å². The van der Waals surface area contributed by atoms with Gasteiger partial charge in [-0.05, 0) is 56.5 Å². The number of carbonyl (C=O) groups excluding carboxylic acids is 1. The Morgan fingerprint density at radius 1 is 1.12 bits per heavy atom. The van der Waals surface area contributed by atoms with Crippen LogP contribution in [0.5, 0.6) is 5.75 Å². The predicted octanol–water partition coefficient (Wildman–Crippen LogP) is 2.56. The van der Waals surface area contributed by atoms with E-state index in [2.05, 4.69) is 27.1 Å². The molecule has 1 aliphatic heterocycles. The van der Waals surface area contributed by atoms with Gasteiger partial charge in [-0.15, -0.1) is 0 Å². The van der Waals surface area contributed by atoms with Crippen molar-refractivity contribution in [1.82, 2.24) is 19.7 Å². The second-order valence-corrected chi connectivity index (χ2v) is 8.41. The lowest BCUT2D eigenvalue weighted by Gasteiger charge is -2.24. The SMILES string of the molecule is COc1ccc(N2CCCN(C(=O)CCc3c(C)c4c(C)nn(C)c4[nH]c3=O)CC2)cc1. The number of fused-ring (bicyclic) bond motifs is 1. The molecular formula is C24H31N5O3. The Kier molecular flexibility index (Phi) is 6.21. The van der Waals surface area contributed by atoms with Crippen LogP contribution >= 0.6 is 0 Å².